The second-order valence-electron chi connectivity index (χ2n) is 7.40. The minimum absolute atomic E-state index is 0.0850. The average molecular weight is 434 g/mol. The van der Waals surface area contributed by atoms with Crippen LogP contribution in [-0.4, -0.2) is 19.6 Å². The predicted octanol–water partition coefficient (Wildman–Crippen LogP) is 5.31. The lowest BCUT2D eigenvalue weighted by atomic mass is 9.99. The van der Waals surface area contributed by atoms with Crippen molar-refractivity contribution in [1.29, 1.82) is 0 Å². The third-order valence-corrected chi connectivity index (χ3v) is 5.51. The van der Waals surface area contributed by atoms with Crippen molar-refractivity contribution < 1.29 is 9.53 Å². The second kappa shape index (κ2) is 9.35. The number of carbonyl (C=O) groups excluding carboxylic acids is 1. The first-order valence-electron chi connectivity index (χ1n) is 10.1. The van der Waals surface area contributed by atoms with Crippen LogP contribution in [0.2, 0.25) is 5.02 Å². The van der Waals surface area contributed by atoms with Crippen LogP contribution in [0, 0.1) is 0 Å². The number of nitrogens with one attached hydrogen (secondary N) is 2. The number of amides is 1. The molecule has 0 radical (unpaired) electrons. The monoisotopic (exact) mass is 433 g/mol. The van der Waals surface area contributed by atoms with Crippen LogP contribution in [0.3, 0.4) is 0 Å². The van der Waals surface area contributed by atoms with E-state index in [1.54, 1.807) is 19.2 Å². The number of halogens is 1. The van der Waals surface area contributed by atoms with Crippen LogP contribution in [0.1, 0.15) is 29.2 Å². The summed E-state index contributed by atoms with van der Waals surface area (Å²) in [6, 6.07) is 23.1. The van der Waals surface area contributed by atoms with Gasteiger partial charge in [-0.3, -0.25) is 4.79 Å². The molecule has 6 heteroatoms. The summed E-state index contributed by atoms with van der Waals surface area (Å²) < 4.78 is 5.12. The van der Waals surface area contributed by atoms with Gasteiger partial charge in [0, 0.05) is 36.0 Å². The normalized spacial score (nSPS) is 15.3. The maximum absolute atomic E-state index is 12.9. The Morgan fingerprint density at radius 2 is 1.84 bits per heavy atom. The van der Waals surface area contributed by atoms with E-state index in [0.29, 0.717) is 22.9 Å². The summed E-state index contributed by atoms with van der Waals surface area (Å²) in [6.07, 6.45) is 0.752. The van der Waals surface area contributed by atoms with Crippen molar-refractivity contribution in [2.45, 2.75) is 12.5 Å². The van der Waals surface area contributed by atoms with Crippen molar-refractivity contribution in [3.63, 3.8) is 0 Å². The largest absolute Gasteiger partial charge is 0.385 e. The molecule has 1 heterocycles. The second-order valence-corrected chi connectivity index (χ2v) is 7.83. The van der Waals surface area contributed by atoms with Crippen LogP contribution >= 0.6 is 11.6 Å². The van der Waals surface area contributed by atoms with Crippen LogP contribution in [0.15, 0.2) is 72.8 Å². The molecule has 0 bridgehead atoms. The van der Waals surface area contributed by atoms with Gasteiger partial charge in [0.1, 0.15) is 0 Å². The topological polar surface area (TPSA) is 76.4 Å². The number of hydrogen-bond acceptors (Lipinski definition) is 4. The van der Waals surface area contributed by atoms with Gasteiger partial charge >= 0.3 is 0 Å². The lowest BCUT2D eigenvalue weighted by molar-refractivity contribution is -0.110. The van der Waals surface area contributed by atoms with E-state index < -0.39 is 0 Å². The van der Waals surface area contributed by atoms with Gasteiger partial charge in [0.15, 0.2) is 0 Å². The summed E-state index contributed by atoms with van der Waals surface area (Å²) >= 11 is 6.12. The smallest absolute Gasteiger partial charge is 0.258 e. The Morgan fingerprint density at radius 1 is 1.10 bits per heavy atom. The number of ether oxygens (including phenoxy) is 1. The predicted molar refractivity (Wildman–Crippen MR) is 127 cm³/mol. The molecule has 158 valence electrons. The van der Waals surface area contributed by atoms with Crippen molar-refractivity contribution in [3.05, 3.63) is 94.5 Å². The van der Waals surface area contributed by atoms with Gasteiger partial charge in [-0.15, -0.1) is 0 Å². The number of fused-ring (bicyclic) bond motifs is 1. The SMILES string of the molecule is COCCC(N)c1ccc(NC(=C2C(=O)Nc3cc(Cl)ccc32)c2ccccc2)cc1. The van der Waals surface area contributed by atoms with Gasteiger partial charge in [0.05, 0.1) is 17.0 Å². The zero-order valence-electron chi connectivity index (χ0n) is 17.2. The van der Waals surface area contributed by atoms with Gasteiger partial charge in [-0.2, -0.15) is 0 Å². The van der Waals surface area contributed by atoms with Crippen molar-refractivity contribution >= 4 is 40.2 Å². The highest BCUT2D eigenvalue weighted by atomic mass is 35.5. The lowest BCUT2D eigenvalue weighted by Crippen LogP contribution is -2.13. The van der Waals surface area contributed by atoms with Gasteiger partial charge < -0.3 is 21.1 Å². The number of hydrogen-bond donors (Lipinski definition) is 3. The van der Waals surface area contributed by atoms with E-state index in [0.717, 1.165) is 34.5 Å². The lowest BCUT2D eigenvalue weighted by Gasteiger charge is -2.16. The molecular weight excluding hydrogens is 410 g/mol. The minimum Gasteiger partial charge on any atom is -0.385 e. The molecule has 4 rings (SSSR count). The quantitative estimate of drug-likeness (QED) is 0.441. The molecule has 1 unspecified atom stereocenters. The highest BCUT2D eigenvalue weighted by Crippen LogP contribution is 2.38. The summed E-state index contributed by atoms with van der Waals surface area (Å²) in [5, 5.41) is 6.95. The molecule has 3 aromatic carbocycles. The Balaban J connectivity index is 1.72. The number of anilines is 2. The fraction of sp³-hybridized carbons (Fsp3) is 0.160. The maximum atomic E-state index is 12.9. The fourth-order valence-corrected chi connectivity index (χ4v) is 3.82. The Kier molecular flexibility index (Phi) is 6.37. The summed E-state index contributed by atoms with van der Waals surface area (Å²) in [7, 11) is 1.67. The number of methoxy groups -OCH3 is 1. The van der Waals surface area contributed by atoms with Crippen molar-refractivity contribution in [3.8, 4) is 0 Å². The van der Waals surface area contributed by atoms with Crippen LogP contribution in [-0.2, 0) is 9.53 Å². The summed E-state index contributed by atoms with van der Waals surface area (Å²) in [4.78, 5) is 12.9. The standard InChI is InChI=1S/C25H24ClN3O2/c1-31-14-13-21(27)16-7-10-19(11-8-16)28-24(17-5-3-2-4-6-17)23-20-12-9-18(26)15-22(20)29-25(23)30/h2-12,15,21,28H,13-14,27H2,1H3,(H,29,30). The molecule has 3 aromatic rings. The summed E-state index contributed by atoms with van der Waals surface area (Å²) in [6.45, 7) is 0.615. The third kappa shape index (κ3) is 4.64. The molecule has 1 atom stereocenters. The Labute approximate surface area is 186 Å². The molecule has 0 aliphatic carbocycles. The molecule has 5 nitrogen and oxygen atoms in total. The van der Waals surface area contributed by atoms with Gasteiger partial charge in [0.25, 0.3) is 5.91 Å². The van der Waals surface area contributed by atoms with E-state index in [4.69, 9.17) is 22.1 Å². The van der Waals surface area contributed by atoms with Gasteiger partial charge in [-0.05, 0) is 41.8 Å². The number of carbonyl (C=O) groups is 1. The number of nitrogens with two attached hydrogens (primary N) is 1. The van der Waals surface area contributed by atoms with Gasteiger partial charge in [-0.1, -0.05) is 60.1 Å². The molecule has 0 saturated heterocycles. The van der Waals surface area contributed by atoms with E-state index in [9.17, 15) is 4.79 Å². The van der Waals surface area contributed by atoms with Crippen LogP contribution < -0.4 is 16.4 Å². The number of benzene rings is 3. The summed E-state index contributed by atoms with van der Waals surface area (Å²) in [5.41, 5.74) is 11.9. The molecule has 1 aliphatic heterocycles. The first kappa shape index (κ1) is 21.1. The summed E-state index contributed by atoms with van der Waals surface area (Å²) in [5.74, 6) is -0.165. The van der Waals surface area contributed by atoms with Crippen molar-refractivity contribution in [2.75, 3.05) is 24.4 Å². The Morgan fingerprint density at radius 3 is 2.55 bits per heavy atom. The highest BCUT2D eigenvalue weighted by Gasteiger charge is 2.28. The molecule has 0 fully saturated rings. The first-order chi connectivity index (χ1) is 15.1. The Hall–Kier alpha value is -3.12. The van der Waals surface area contributed by atoms with Gasteiger partial charge in [0.2, 0.25) is 0 Å². The average Bonchev–Trinajstić information content (AvgIpc) is 3.11. The highest BCUT2D eigenvalue weighted by molar-refractivity contribution is 6.38. The Bertz CT molecular complexity index is 1110. The van der Waals surface area contributed by atoms with Crippen LogP contribution in [0.5, 0.6) is 0 Å². The molecule has 0 saturated carbocycles. The molecule has 0 spiro atoms. The van der Waals surface area contributed by atoms with Crippen LogP contribution in [0.25, 0.3) is 11.3 Å². The maximum Gasteiger partial charge on any atom is 0.258 e. The van der Waals surface area contributed by atoms with Crippen LogP contribution in [0.4, 0.5) is 11.4 Å². The first-order valence-corrected chi connectivity index (χ1v) is 10.5. The van der Waals surface area contributed by atoms with E-state index in [-0.39, 0.29) is 11.9 Å². The molecule has 1 amide bonds. The molecule has 4 N–H and O–H groups in total. The van der Waals surface area contributed by atoms with E-state index in [1.165, 1.54) is 0 Å². The fourth-order valence-electron chi connectivity index (χ4n) is 3.65. The molecule has 0 aromatic heterocycles. The molecular formula is C25H24ClN3O2. The van der Waals surface area contributed by atoms with E-state index in [2.05, 4.69) is 10.6 Å². The molecule has 31 heavy (non-hydrogen) atoms. The van der Waals surface area contributed by atoms with E-state index in [1.807, 2.05) is 60.7 Å². The zero-order valence-corrected chi connectivity index (χ0v) is 17.9. The van der Waals surface area contributed by atoms with E-state index >= 15 is 0 Å². The third-order valence-electron chi connectivity index (χ3n) is 5.28. The minimum atomic E-state index is -0.165. The zero-order chi connectivity index (χ0) is 21.8. The van der Waals surface area contributed by atoms with Gasteiger partial charge in [-0.25, -0.2) is 0 Å². The number of rotatable bonds is 7. The molecule has 1 aliphatic rings. The van der Waals surface area contributed by atoms with Crippen molar-refractivity contribution in [2.24, 2.45) is 5.73 Å². The van der Waals surface area contributed by atoms with Crippen molar-refractivity contribution in [1.82, 2.24) is 0 Å².